The molecule has 202 valence electrons. The predicted octanol–water partition coefficient (Wildman–Crippen LogP) is 0.845. The maximum absolute atomic E-state index is 8.09. The largest absolute Gasteiger partial charge is 1.00 e. The molecule has 0 fully saturated rings. The van der Waals surface area contributed by atoms with Crippen molar-refractivity contribution in [3.8, 4) is 5.75 Å². The average Bonchev–Trinajstić information content (AvgIpc) is 2.97. The van der Waals surface area contributed by atoms with E-state index in [-0.39, 0.29) is 18.6 Å². The molecule has 1 aliphatic heterocycles. The molecule has 1 atom stereocenters. The molecule has 4 aromatic rings. The van der Waals surface area contributed by atoms with Crippen molar-refractivity contribution in [2.75, 3.05) is 20.4 Å². The smallest absolute Gasteiger partial charge is 1.00 e. The molecular weight excluding hydrogens is 548 g/mol. The minimum atomic E-state index is -3.52. The van der Waals surface area contributed by atoms with E-state index in [4.69, 9.17) is 21.7 Å². The topological polar surface area (TPSA) is 74.7 Å². The number of hydrogen-bond acceptors (Lipinski definition) is 3. The van der Waals surface area contributed by atoms with Gasteiger partial charge in [0.2, 0.25) is 0 Å². The second kappa shape index (κ2) is 11.7. The number of benzene rings is 4. The number of hydrogen-bond donors (Lipinski definition) is 3. The fourth-order valence-electron chi connectivity index (χ4n) is 4.72. The Kier molecular flexibility index (Phi) is 8.51. The molecule has 0 aliphatic carbocycles. The molecular formula is C30H32Cl2N5OP. The molecule has 39 heavy (non-hydrogen) atoms. The van der Waals surface area contributed by atoms with Crippen LogP contribution in [0, 0.1) is 0 Å². The summed E-state index contributed by atoms with van der Waals surface area (Å²) >= 11 is 8.09. The van der Waals surface area contributed by atoms with Gasteiger partial charge >= 0.3 is 229 Å². The summed E-state index contributed by atoms with van der Waals surface area (Å²) in [6, 6.07) is 38.9. The Morgan fingerprint density at radius 3 is 1.69 bits per heavy atom. The summed E-state index contributed by atoms with van der Waals surface area (Å²) in [5, 5.41) is 9.57. The number of rotatable bonds is 7. The first-order valence-corrected chi connectivity index (χ1v) is 15.7. The first-order valence-electron chi connectivity index (χ1n) is 12.4. The SMILES string of the molecule is C[N+](C)=C1NC(N)=NC(c2ccc(OCP(Cl)(c3ccccc3)(c3ccccc3)c3ccccc3)cc2)N1.[Cl-]. The molecule has 0 radical (unpaired) electrons. The number of guanidine groups is 2. The molecule has 9 heteroatoms. The summed E-state index contributed by atoms with van der Waals surface area (Å²) in [4.78, 5) is 4.50. The molecule has 1 unspecified atom stereocenters. The van der Waals surface area contributed by atoms with Crippen LogP contribution in [0.4, 0.5) is 0 Å². The third kappa shape index (κ3) is 5.46. The summed E-state index contributed by atoms with van der Waals surface area (Å²) in [6.45, 7) is 0. The molecule has 0 saturated carbocycles. The van der Waals surface area contributed by atoms with E-state index in [1.807, 2.05) is 97.5 Å². The number of nitrogens with one attached hydrogen (secondary N) is 2. The van der Waals surface area contributed by atoms with Crippen molar-refractivity contribution in [3.63, 3.8) is 0 Å². The third-order valence-electron chi connectivity index (χ3n) is 6.79. The molecule has 1 aliphatic rings. The van der Waals surface area contributed by atoms with Gasteiger partial charge in [-0.3, -0.25) is 0 Å². The van der Waals surface area contributed by atoms with E-state index in [2.05, 4.69) is 52.0 Å². The van der Waals surface area contributed by atoms with Crippen LogP contribution in [-0.2, 0) is 0 Å². The Hall–Kier alpha value is -3.57. The van der Waals surface area contributed by atoms with Gasteiger partial charge in [-0.15, -0.1) is 0 Å². The normalized spacial score (nSPS) is 15.9. The van der Waals surface area contributed by atoms with Gasteiger partial charge in [0.1, 0.15) is 0 Å². The van der Waals surface area contributed by atoms with E-state index in [1.165, 1.54) is 0 Å². The third-order valence-corrected chi connectivity index (χ3v) is 13.6. The zero-order valence-electron chi connectivity index (χ0n) is 21.8. The zero-order chi connectivity index (χ0) is 26.6. The Morgan fingerprint density at radius 1 is 0.795 bits per heavy atom. The van der Waals surface area contributed by atoms with Crippen LogP contribution in [0.25, 0.3) is 0 Å². The van der Waals surface area contributed by atoms with E-state index >= 15 is 0 Å². The Bertz CT molecular complexity index is 1360. The van der Waals surface area contributed by atoms with Crippen molar-refractivity contribution >= 4 is 45.0 Å². The van der Waals surface area contributed by atoms with E-state index in [1.54, 1.807) is 0 Å². The summed E-state index contributed by atoms with van der Waals surface area (Å²) in [5.74, 6) is -1.63. The van der Waals surface area contributed by atoms with E-state index < -0.39 is 5.96 Å². The quantitative estimate of drug-likeness (QED) is 0.224. The van der Waals surface area contributed by atoms with Gasteiger partial charge in [-0.2, -0.15) is 0 Å². The van der Waals surface area contributed by atoms with Crippen molar-refractivity contribution in [3.05, 3.63) is 121 Å². The Balaban J connectivity index is 0.00000353. The molecule has 4 aromatic carbocycles. The zero-order valence-corrected chi connectivity index (χ0v) is 24.2. The molecule has 0 amide bonds. The van der Waals surface area contributed by atoms with Crippen LogP contribution in [0.1, 0.15) is 11.7 Å². The van der Waals surface area contributed by atoms with Crippen molar-refractivity contribution in [1.82, 2.24) is 10.6 Å². The summed E-state index contributed by atoms with van der Waals surface area (Å²) < 4.78 is 8.50. The first-order chi connectivity index (χ1) is 18.4. The number of nitrogens with two attached hydrogens (primary N) is 1. The van der Waals surface area contributed by atoms with Gasteiger partial charge in [0.25, 0.3) is 0 Å². The van der Waals surface area contributed by atoms with Crippen LogP contribution in [0.2, 0.25) is 0 Å². The maximum atomic E-state index is 8.09. The van der Waals surface area contributed by atoms with Crippen LogP contribution in [0.3, 0.4) is 0 Å². The van der Waals surface area contributed by atoms with E-state index in [0.717, 1.165) is 33.2 Å². The standard InChI is InChI=1S/C30H31ClN5OP.ClH/c1-36(2)30-34-28(33-29(32)35-30)23-18-20-24(21-19-23)37-22-38(31,25-12-6-3-7-13-25,26-14-8-4-9-15-26)27-16-10-5-11-17-27;/h3-21,28H,22H2,1-2H3,(H3,32,33,34,35);1H. The number of aliphatic imine (C=N–C) groups is 1. The number of nitrogens with zero attached hydrogens (tertiary/aromatic N) is 2. The molecule has 6 nitrogen and oxygen atoms in total. The Labute approximate surface area is 240 Å². The monoisotopic (exact) mass is 579 g/mol. The Morgan fingerprint density at radius 2 is 1.26 bits per heavy atom. The predicted molar refractivity (Wildman–Crippen MR) is 161 cm³/mol. The van der Waals surface area contributed by atoms with Crippen LogP contribution >= 0.6 is 17.2 Å². The number of ether oxygens (including phenoxy) is 1. The summed E-state index contributed by atoms with van der Waals surface area (Å²) in [7, 11) is 3.87. The molecule has 4 N–H and O–H groups in total. The summed E-state index contributed by atoms with van der Waals surface area (Å²) in [6.07, 6.45) is 0.00714. The number of halogens is 2. The van der Waals surface area contributed by atoms with E-state index in [9.17, 15) is 0 Å². The maximum Gasteiger partial charge on any atom is -1.00 e. The van der Waals surface area contributed by atoms with Crippen LogP contribution in [0.15, 0.2) is 120 Å². The molecule has 5 rings (SSSR count). The van der Waals surface area contributed by atoms with Crippen LogP contribution in [0.5, 0.6) is 5.75 Å². The fraction of sp³-hybridized carbons (Fsp3) is 0.133. The van der Waals surface area contributed by atoms with Crippen molar-refractivity contribution in [2.24, 2.45) is 10.7 Å². The van der Waals surface area contributed by atoms with Gasteiger partial charge in [0.05, 0.1) is 0 Å². The second-order valence-corrected chi connectivity index (χ2v) is 15.9. The van der Waals surface area contributed by atoms with Crippen molar-refractivity contribution in [2.45, 2.75) is 6.17 Å². The molecule has 0 aromatic heterocycles. The van der Waals surface area contributed by atoms with Crippen LogP contribution in [-0.4, -0.2) is 36.9 Å². The summed E-state index contributed by atoms with van der Waals surface area (Å²) in [5.41, 5.74) is 6.98. The van der Waals surface area contributed by atoms with Crippen molar-refractivity contribution in [1.29, 1.82) is 0 Å². The minimum absolute atomic E-state index is 0. The van der Waals surface area contributed by atoms with Gasteiger partial charge in [0, 0.05) is 0 Å². The second-order valence-electron chi connectivity index (χ2n) is 9.46. The van der Waals surface area contributed by atoms with E-state index in [0.29, 0.717) is 12.3 Å². The van der Waals surface area contributed by atoms with Crippen LogP contribution < -0.4 is 49.4 Å². The molecule has 0 saturated heterocycles. The molecule has 1 heterocycles. The van der Waals surface area contributed by atoms with Gasteiger partial charge < -0.3 is 12.4 Å². The molecule has 0 bridgehead atoms. The fourth-order valence-corrected chi connectivity index (χ4v) is 9.99. The minimum Gasteiger partial charge on any atom is -1.00 e. The van der Waals surface area contributed by atoms with Gasteiger partial charge in [0.15, 0.2) is 0 Å². The average molecular weight is 581 g/mol. The van der Waals surface area contributed by atoms with Crippen molar-refractivity contribution < 1.29 is 21.7 Å². The van der Waals surface area contributed by atoms with Gasteiger partial charge in [-0.25, -0.2) is 0 Å². The van der Waals surface area contributed by atoms with Gasteiger partial charge in [-0.1, -0.05) is 0 Å². The molecule has 0 spiro atoms. The first kappa shape index (κ1) is 28.4. The van der Waals surface area contributed by atoms with Gasteiger partial charge in [-0.05, 0) is 0 Å².